The fourth-order valence-corrected chi connectivity index (χ4v) is 4.37. The number of hydrogen-bond donors (Lipinski definition) is 1. The van der Waals surface area contributed by atoms with Gasteiger partial charge >= 0.3 is 0 Å². The Kier molecular flexibility index (Phi) is 5.58. The largest absolute Gasteiger partial charge is 0.381 e. The van der Waals surface area contributed by atoms with Gasteiger partial charge in [0.2, 0.25) is 0 Å². The number of ether oxygens (including phenoxy) is 1. The number of hydrogen-bond acceptors (Lipinski definition) is 5. The normalized spacial score (nSPS) is 15.2. The summed E-state index contributed by atoms with van der Waals surface area (Å²) in [4.78, 5) is 25.5. The molecule has 33 heavy (non-hydrogen) atoms. The molecule has 5 rings (SSSR count). The minimum Gasteiger partial charge on any atom is -0.381 e. The third-order valence-corrected chi connectivity index (χ3v) is 6.22. The van der Waals surface area contributed by atoms with Crippen molar-refractivity contribution in [2.45, 2.75) is 51.5 Å². The van der Waals surface area contributed by atoms with Crippen molar-refractivity contribution in [2.75, 3.05) is 13.2 Å². The maximum absolute atomic E-state index is 12.8. The summed E-state index contributed by atoms with van der Waals surface area (Å²) < 4.78 is 7.39. The second-order valence-electron chi connectivity index (χ2n) is 9.67. The lowest BCUT2D eigenvalue weighted by Gasteiger charge is -2.22. The SMILES string of the molecule is CC(C)(C)c1cccc(-c2ccccc2Cc2nc3c(cnn3C3CCOCC3)c(=O)[nH]2)n1. The van der Waals surface area contributed by atoms with Crippen molar-refractivity contribution in [1.82, 2.24) is 24.7 Å². The third kappa shape index (κ3) is 4.33. The van der Waals surface area contributed by atoms with Crippen LogP contribution < -0.4 is 5.56 Å². The number of rotatable bonds is 4. The number of H-pyrrole nitrogens is 1. The fraction of sp³-hybridized carbons (Fsp3) is 0.385. The van der Waals surface area contributed by atoms with Gasteiger partial charge in [-0.3, -0.25) is 9.78 Å². The second-order valence-corrected chi connectivity index (χ2v) is 9.67. The molecule has 1 N–H and O–H groups in total. The smallest absolute Gasteiger partial charge is 0.262 e. The molecule has 1 aliphatic rings. The van der Waals surface area contributed by atoms with Crippen LogP contribution in [-0.4, -0.2) is 37.9 Å². The van der Waals surface area contributed by atoms with E-state index in [9.17, 15) is 4.79 Å². The van der Waals surface area contributed by atoms with E-state index >= 15 is 0 Å². The second kappa shape index (κ2) is 8.56. The van der Waals surface area contributed by atoms with Gasteiger partial charge in [-0.05, 0) is 30.5 Å². The van der Waals surface area contributed by atoms with Crippen molar-refractivity contribution < 1.29 is 4.74 Å². The van der Waals surface area contributed by atoms with E-state index in [1.165, 1.54) is 0 Å². The van der Waals surface area contributed by atoms with E-state index in [1.807, 2.05) is 22.9 Å². The van der Waals surface area contributed by atoms with E-state index in [0.29, 0.717) is 36.5 Å². The molecule has 0 bridgehead atoms. The van der Waals surface area contributed by atoms with Gasteiger partial charge in [0.1, 0.15) is 11.2 Å². The topological polar surface area (TPSA) is 85.7 Å². The van der Waals surface area contributed by atoms with Crippen LogP contribution in [-0.2, 0) is 16.6 Å². The van der Waals surface area contributed by atoms with Gasteiger partial charge in [-0.1, -0.05) is 51.1 Å². The molecule has 170 valence electrons. The molecule has 4 aromatic rings. The minimum atomic E-state index is -0.154. The van der Waals surface area contributed by atoms with Crippen molar-refractivity contribution in [2.24, 2.45) is 0 Å². The Morgan fingerprint density at radius 2 is 1.85 bits per heavy atom. The van der Waals surface area contributed by atoms with E-state index in [2.05, 4.69) is 55.1 Å². The lowest BCUT2D eigenvalue weighted by Crippen LogP contribution is -2.21. The molecular weight excluding hydrogens is 414 g/mol. The summed E-state index contributed by atoms with van der Waals surface area (Å²) in [6.07, 6.45) is 3.87. The minimum absolute atomic E-state index is 0.0364. The summed E-state index contributed by atoms with van der Waals surface area (Å²) in [5.41, 5.74) is 4.53. The van der Waals surface area contributed by atoms with Crippen LogP contribution in [0.3, 0.4) is 0 Å². The monoisotopic (exact) mass is 443 g/mol. The number of pyridine rings is 1. The van der Waals surface area contributed by atoms with Gasteiger partial charge in [-0.15, -0.1) is 0 Å². The van der Waals surface area contributed by atoms with Crippen LogP contribution in [0.4, 0.5) is 0 Å². The number of aromatic amines is 1. The number of fused-ring (bicyclic) bond motifs is 1. The summed E-state index contributed by atoms with van der Waals surface area (Å²) >= 11 is 0. The predicted octanol–water partition coefficient (Wildman–Crippen LogP) is 4.42. The average Bonchev–Trinajstić information content (AvgIpc) is 3.24. The molecular formula is C26H29N5O2. The lowest BCUT2D eigenvalue weighted by atomic mass is 9.91. The van der Waals surface area contributed by atoms with Gasteiger partial charge in [-0.25, -0.2) is 9.67 Å². The molecule has 4 heterocycles. The van der Waals surface area contributed by atoms with E-state index < -0.39 is 0 Å². The summed E-state index contributed by atoms with van der Waals surface area (Å²) in [6, 6.07) is 14.5. The van der Waals surface area contributed by atoms with E-state index in [4.69, 9.17) is 14.7 Å². The van der Waals surface area contributed by atoms with Gasteiger partial charge < -0.3 is 9.72 Å². The highest BCUT2D eigenvalue weighted by atomic mass is 16.5. The molecule has 0 spiro atoms. The van der Waals surface area contributed by atoms with Crippen molar-refractivity contribution in [1.29, 1.82) is 0 Å². The Morgan fingerprint density at radius 1 is 1.06 bits per heavy atom. The Morgan fingerprint density at radius 3 is 2.64 bits per heavy atom. The first-order chi connectivity index (χ1) is 15.9. The van der Waals surface area contributed by atoms with Gasteiger partial charge in [0.15, 0.2) is 5.65 Å². The summed E-state index contributed by atoms with van der Waals surface area (Å²) in [5.74, 6) is 0.626. The summed E-state index contributed by atoms with van der Waals surface area (Å²) in [5, 5.41) is 5.02. The van der Waals surface area contributed by atoms with E-state index in [1.54, 1.807) is 6.20 Å². The van der Waals surface area contributed by atoms with E-state index in [0.717, 1.165) is 35.4 Å². The standard InChI is InChI=1S/C26H29N5O2/c1-26(2,3)22-10-6-9-21(28-22)19-8-5-4-7-17(19)15-23-29-24-20(25(32)30-23)16-27-31(24)18-11-13-33-14-12-18/h4-10,16,18H,11-15H2,1-3H3,(H,29,30,32). The molecule has 0 radical (unpaired) electrons. The van der Waals surface area contributed by atoms with E-state index in [-0.39, 0.29) is 17.0 Å². The highest BCUT2D eigenvalue weighted by Crippen LogP contribution is 2.28. The highest BCUT2D eigenvalue weighted by molar-refractivity contribution is 5.73. The van der Waals surface area contributed by atoms with Gasteiger partial charge in [0.25, 0.3) is 5.56 Å². The molecule has 0 atom stereocenters. The number of nitrogens with one attached hydrogen (secondary N) is 1. The fourth-order valence-electron chi connectivity index (χ4n) is 4.37. The van der Waals surface area contributed by atoms with Crippen LogP contribution in [0.5, 0.6) is 0 Å². The molecule has 7 nitrogen and oxygen atoms in total. The highest BCUT2D eigenvalue weighted by Gasteiger charge is 2.21. The molecule has 0 aliphatic carbocycles. The van der Waals surface area contributed by atoms with Crippen molar-refractivity contribution in [3.63, 3.8) is 0 Å². The molecule has 0 amide bonds. The van der Waals surface area contributed by atoms with Crippen molar-refractivity contribution in [3.05, 3.63) is 76.1 Å². The molecule has 1 saturated heterocycles. The lowest BCUT2D eigenvalue weighted by molar-refractivity contribution is 0.0673. The third-order valence-electron chi connectivity index (χ3n) is 6.22. The van der Waals surface area contributed by atoms with Crippen LogP contribution in [0.2, 0.25) is 0 Å². The van der Waals surface area contributed by atoms with Gasteiger partial charge in [0.05, 0.1) is 17.9 Å². The Hall–Kier alpha value is -3.32. The summed E-state index contributed by atoms with van der Waals surface area (Å²) in [7, 11) is 0. The van der Waals surface area contributed by atoms with Crippen LogP contribution >= 0.6 is 0 Å². The van der Waals surface area contributed by atoms with Crippen LogP contribution in [0.15, 0.2) is 53.5 Å². The molecule has 0 unspecified atom stereocenters. The Balaban J connectivity index is 1.53. The molecule has 1 aliphatic heterocycles. The van der Waals surface area contributed by atoms with Crippen LogP contribution in [0.25, 0.3) is 22.3 Å². The first-order valence-electron chi connectivity index (χ1n) is 11.5. The van der Waals surface area contributed by atoms with Crippen LogP contribution in [0, 0.1) is 0 Å². The molecule has 1 fully saturated rings. The maximum atomic E-state index is 12.8. The Bertz CT molecular complexity index is 1340. The van der Waals surface area contributed by atoms with Gasteiger partial charge in [0, 0.05) is 36.3 Å². The zero-order valence-electron chi connectivity index (χ0n) is 19.3. The van der Waals surface area contributed by atoms with Crippen molar-refractivity contribution >= 4 is 11.0 Å². The molecule has 1 aromatic carbocycles. The Labute approximate surface area is 192 Å². The zero-order valence-corrected chi connectivity index (χ0v) is 19.3. The molecule has 7 heteroatoms. The average molecular weight is 444 g/mol. The van der Waals surface area contributed by atoms with Crippen molar-refractivity contribution in [3.8, 4) is 11.3 Å². The quantitative estimate of drug-likeness (QED) is 0.505. The summed E-state index contributed by atoms with van der Waals surface area (Å²) in [6.45, 7) is 7.90. The first kappa shape index (κ1) is 21.5. The maximum Gasteiger partial charge on any atom is 0.262 e. The zero-order chi connectivity index (χ0) is 23.0. The van der Waals surface area contributed by atoms with Crippen LogP contribution in [0.1, 0.15) is 56.7 Å². The number of aromatic nitrogens is 5. The number of benzene rings is 1. The molecule has 3 aromatic heterocycles. The predicted molar refractivity (Wildman–Crippen MR) is 128 cm³/mol. The first-order valence-corrected chi connectivity index (χ1v) is 11.5. The number of nitrogens with zero attached hydrogens (tertiary/aromatic N) is 4. The molecule has 0 saturated carbocycles. The van der Waals surface area contributed by atoms with Gasteiger partial charge in [-0.2, -0.15) is 5.10 Å².